The molecule has 3 heteroatoms. The third kappa shape index (κ3) is 2.68. The lowest BCUT2D eigenvalue weighted by Gasteiger charge is -2.17. The number of rotatable bonds is 3. The van der Waals surface area contributed by atoms with Crippen molar-refractivity contribution in [3.8, 4) is 0 Å². The normalized spacial score (nSPS) is 15.8. The second kappa shape index (κ2) is 5.96. The van der Waals surface area contributed by atoms with E-state index in [0.717, 1.165) is 12.1 Å². The molecule has 0 spiro atoms. The molecule has 0 unspecified atom stereocenters. The van der Waals surface area contributed by atoms with Crippen molar-refractivity contribution >= 4 is 32.5 Å². The van der Waals surface area contributed by atoms with Gasteiger partial charge in [0.05, 0.1) is 5.52 Å². The van der Waals surface area contributed by atoms with Crippen LogP contribution in [0.3, 0.4) is 0 Å². The maximum atomic E-state index is 5.00. The molecule has 1 aromatic heterocycles. The van der Waals surface area contributed by atoms with E-state index in [2.05, 4.69) is 54.2 Å². The summed E-state index contributed by atoms with van der Waals surface area (Å²) in [6.07, 6.45) is 5.27. The molecule has 2 nitrogen and oxygen atoms in total. The fourth-order valence-electron chi connectivity index (χ4n) is 3.52. The second-order valence-electron chi connectivity index (χ2n) is 6.13. The number of hydrogen-bond donors (Lipinski definition) is 1. The molecule has 112 valence electrons. The minimum absolute atomic E-state index is 0.649. The van der Waals surface area contributed by atoms with E-state index < -0.39 is 0 Å². The summed E-state index contributed by atoms with van der Waals surface area (Å²) < 4.78 is 1.20. The maximum absolute atomic E-state index is 5.00. The van der Waals surface area contributed by atoms with Crippen molar-refractivity contribution in [3.05, 3.63) is 33.4 Å². The summed E-state index contributed by atoms with van der Waals surface area (Å²) in [6, 6.07) is 4.50. The van der Waals surface area contributed by atoms with E-state index >= 15 is 0 Å². The monoisotopic (exact) mass is 346 g/mol. The fraction of sp³-hybridized carbons (Fsp3) is 0.500. The first-order valence-electron chi connectivity index (χ1n) is 7.96. The molecule has 0 saturated heterocycles. The summed E-state index contributed by atoms with van der Waals surface area (Å²) in [5, 5.41) is 4.80. The number of nitrogens with zero attached hydrogens (tertiary/aromatic N) is 1. The average molecular weight is 347 g/mol. The van der Waals surface area contributed by atoms with Crippen molar-refractivity contribution in [1.29, 1.82) is 0 Å². The average Bonchev–Trinajstić information content (AvgIpc) is 2.99. The van der Waals surface area contributed by atoms with E-state index in [4.69, 9.17) is 4.98 Å². The van der Waals surface area contributed by atoms with Crippen molar-refractivity contribution in [1.82, 2.24) is 4.98 Å². The van der Waals surface area contributed by atoms with Gasteiger partial charge in [-0.15, -0.1) is 0 Å². The van der Waals surface area contributed by atoms with Gasteiger partial charge in [-0.3, -0.25) is 4.98 Å². The summed E-state index contributed by atoms with van der Waals surface area (Å²) in [5.41, 5.74) is 6.19. The standard InChI is InChI=1S/C18H23BrN2/c1-4-20-15-10-14(13-7-5-6-8-13)21-16-9-11(2)18(19)12(3)17(15)16/h9-10,13H,4-8H2,1-3H3,(H,20,21). The van der Waals surface area contributed by atoms with Crippen molar-refractivity contribution < 1.29 is 0 Å². The minimum atomic E-state index is 0.649. The first kappa shape index (κ1) is 14.8. The third-order valence-electron chi connectivity index (χ3n) is 4.61. The van der Waals surface area contributed by atoms with Gasteiger partial charge in [0.25, 0.3) is 0 Å². The van der Waals surface area contributed by atoms with Crippen LogP contribution < -0.4 is 5.32 Å². The lowest BCUT2D eigenvalue weighted by atomic mass is 9.98. The number of pyridine rings is 1. The number of nitrogens with one attached hydrogen (secondary N) is 1. The molecule has 1 aliphatic carbocycles. The molecule has 0 bridgehead atoms. The van der Waals surface area contributed by atoms with Crippen LogP contribution in [0.2, 0.25) is 0 Å². The Morgan fingerprint density at radius 2 is 1.95 bits per heavy atom. The largest absolute Gasteiger partial charge is 0.385 e. The third-order valence-corrected chi connectivity index (χ3v) is 5.83. The Hall–Kier alpha value is -1.09. The van der Waals surface area contributed by atoms with Gasteiger partial charge in [-0.2, -0.15) is 0 Å². The molecule has 3 rings (SSSR count). The summed E-state index contributed by atoms with van der Waals surface area (Å²) in [5.74, 6) is 0.649. The molecule has 1 saturated carbocycles. The minimum Gasteiger partial charge on any atom is -0.385 e. The molecule has 1 N–H and O–H groups in total. The lowest BCUT2D eigenvalue weighted by molar-refractivity contribution is 0.701. The second-order valence-corrected chi connectivity index (χ2v) is 6.93. The molecular formula is C18H23BrN2. The molecule has 1 aliphatic rings. The van der Waals surface area contributed by atoms with Crippen LogP contribution in [0.15, 0.2) is 16.6 Å². The van der Waals surface area contributed by atoms with Gasteiger partial charge in [-0.1, -0.05) is 28.8 Å². The van der Waals surface area contributed by atoms with Gasteiger partial charge >= 0.3 is 0 Å². The smallest absolute Gasteiger partial charge is 0.0732 e. The van der Waals surface area contributed by atoms with Gasteiger partial charge in [-0.05, 0) is 56.9 Å². The number of anilines is 1. The highest BCUT2D eigenvalue weighted by molar-refractivity contribution is 9.10. The molecule has 21 heavy (non-hydrogen) atoms. The number of hydrogen-bond acceptors (Lipinski definition) is 2. The van der Waals surface area contributed by atoms with E-state index in [9.17, 15) is 0 Å². The van der Waals surface area contributed by atoms with Gasteiger partial charge in [0, 0.05) is 33.7 Å². The summed E-state index contributed by atoms with van der Waals surface area (Å²) in [7, 11) is 0. The lowest BCUT2D eigenvalue weighted by Crippen LogP contribution is -2.04. The van der Waals surface area contributed by atoms with Gasteiger partial charge in [-0.25, -0.2) is 0 Å². The molecule has 0 radical (unpaired) electrons. The fourth-order valence-corrected chi connectivity index (χ4v) is 3.83. The van der Waals surface area contributed by atoms with Crippen molar-refractivity contribution in [2.24, 2.45) is 0 Å². The van der Waals surface area contributed by atoms with Crippen molar-refractivity contribution in [2.45, 2.75) is 52.4 Å². The highest BCUT2D eigenvalue weighted by Gasteiger charge is 2.21. The zero-order valence-corrected chi connectivity index (χ0v) is 14.7. The predicted octanol–water partition coefficient (Wildman–Crippen LogP) is 5.70. The molecule has 0 amide bonds. The van der Waals surface area contributed by atoms with Gasteiger partial charge in [0.2, 0.25) is 0 Å². The Balaban J connectivity index is 2.23. The van der Waals surface area contributed by atoms with Crippen LogP contribution in [0.25, 0.3) is 10.9 Å². The zero-order chi connectivity index (χ0) is 15.0. The maximum Gasteiger partial charge on any atom is 0.0732 e. The topological polar surface area (TPSA) is 24.9 Å². The van der Waals surface area contributed by atoms with E-state index in [1.165, 1.54) is 58.1 Å². The van der Waals surface area contributed by atoms with Crippen LogP contribution in [0.5, 0.6) is 0 Å². The van der Waals surface area contributed by atoms with Gasteiger partial charge in [0.1, 0.15) is 0 Å². The van der Waals surface area contributed by atoms with Gasteiger partial charge < -0.3 is 5.32 Å². The van der Waals surface area contributed by atoms with Crippen LogP contribution in [0.4, 0.5) is 5.69 Å². The Morgan fingerprint density at radius 1 is 1.24 bits per heavy atom. The van der Waals surface area contributed by atoms with Crippen LogP contribution in [0.1, 0.15) is 55.3 Å². The highest BCUT2D eigenvalue weighted by atomic mass is 79.9. The van der Waals surface area contributed by atoms with E-state index in [0.29, 0.717) is 5.92 Å². The number of halogens is 1. The first-order chi connectivity index (χ1) is 10.1. The Bertz CT molecular complexity index is 673. The van der Waals surface area contributed by atoms with Crippen LogP contribution >= 0.6 is 15.9 Å². The van der Waals surface area contributed by atoms with Gasteiger partial charge in [0.15, 0.2) is 0 Å². The van der Waals surface area contributed by atoms with E-state index in [1.54, 1.807) is 0 Å². The first-order valence-corrected chi connectivity index (χ1v) is 8.75. The molecule has 1 aromatic carbocycles. The number of benzene rings is 1. The Kier molecular flexibility index (Phi) is 4.21. The summed E-state index contributed by atoms with van der Waals surface area (Å²) >= 11 is 3.71. The predicted molar refractivity (Wildman–Crippen MR) is 94.3 cm³/mol. The van der Waals surface area contributed by atoms with Crippen LogP contribution in [0, 0.1) is 13.8 Å². The molecule has 1 fully saturated rings. The SMILES string of the molecule is CCNc1cc(C2CCCC2)nc2cc(C)c(Br)c(C)c12. The number of fused-ring (bicyclic) bond motifs is 1. The zero-order valence-electron chi connectivity index (χ0n) is 13.1. The van der Waals surface area contributed by atoms with E-state index in [-0.39, 0.29) is 0 Å². The Labute approximate surface area is 135 Å². The number of aromatic nitrogens is 1. The summed E-state index contributed by atoms with van der Waals surface area (Å²) in [6.45, 7) is 7.42. The molecule has 0 aliphatic heterocycles. The van der Waals surface area contributed by atoms with E-state index in [1.807, 2.05) is 0 Å². The van der Waals surface area contributed by atoms with Crippen molar-refractivity contribution in [2.75, 3.05) is 11.9 Å². The van der Waals surface area contributed by atoms with Crippen LogP contribution in [-0.2, 0) is 0 Å². The quantitative estimate of drug-likeness (QED) is 0.770. The molecule has 1 heterocycles. The molecular weight excluding hydrogens is 324 g/mol. The summed E-state index contributed by atoms with van der Waals surface area (Å²) in [4.78, 5) is 5.00. The van der Waals surface area contributed by atoms with Crippen LogP contribution in [-0.4, -0.2) is 11.5 Å². The van der Waals surface area contributed by atoms with Crippen molar-refractivity contribution in [3.63, 3.8) is 0 Å². The molecule has 2 aromatic rings. The highest BCUT2D eigenvalue weighted by Crippen LogP contribution is 2.38. The Morgan fingerprint density at radius 3 is 2.62 bits per heavy atom. The molecule has 0 atom stereocenters. The number of aryl methyl sites for hydroxylation is 2.